The fourth-order valence-electron chi connectivity index (χ4n) is 3.25. The highest BCUT2D eigenvalue weighted by molar-refractivity contribution is 8.02. The summed E-state index contributed by atoms with van der Waals surface area (Å²) < 4.78 is 5.28. The van der Waals surface area contributed by atoms with Crippen LogP contribution in [0.1, 0.15) is 0 Å². The Morgan fingerprint density at radius 3 is 1.65 bits per heavy atom. The summed E-state index contributed by atoms with van der Waals surface area (Å²) in [5.74, 6) is 0.830. The highest BCUT2D eigenvalue weighted by Crippen LogP contribution is 2.38. The lowest BCUT2D eigenvalue weighted by atomic mass is 10.1. The maximum absolute atomic E-state index is 5.85. The highest BCUT2D eigenvalue weighted by Gasteiger charge is 2.13. The molecule has 4 nitrogen and oxygen atoms in total. The fraction of sp³-hybridized carbons (Fsp3) is 0.0400. The Kier molecular flexibility index (Phi) is 5.40. The molecular weight excluding hydrogens is 422 g/mol. The molecule has 0 radical (unpaired) electrons. The van der Waals surface area contributed by atoms with Gasteiger partial charge in [0.2, 0.25) is 0 Å². The zero-order valence-electron chi connectivity index (χ0n) is 16.8. The van der Waals surface area contributed by atoms with Crippen molar-refractivity contribution in [1.82, 2.24) is 9.97 Å². The molecule has 1 heterocycles. The molecule has 0 fully saturated rings. The minimum absolute atomic E-state index is 0.744. The minimum atomic E-state index is 0.744. The van der Waals surface area contributed by atoms with E-state index in [1.165, 1.54) is 0 Å². The first-order valence-electron chi connectivity index (χ1n) is 9.74. The third-order valence-electron chi connectivity index (χ3n) is 4.84. The van der Waals surface area contributed by atoms with Crippen molar-refractivity contribution in [3.63, 3.8) is 0 Å². The van der Waals surface area contributed by atoms with E-state index in [2.05, 4.69) is 24.3 Å². The van der Waals surface area contributed by atoms with Crippen LogP contribution in [0.3, 0.4) is 0 Å². The standard InChI is InChI=1S/C25H19N3OS2/c1-29-19-8-12-21(13-9-19)31-25-24(30-20-10-6-18(26)7-11-20)27-22-14-16-4-2-3-5-17(16)15-23(22)28-25/h2-15H,26H2,1H3. The number of hydrogen-bond acceptors (Lipinski definition) is 6. The van der Waals surface area contributed by atoms with E-state index in [1.807, 2.05) is 60.7 Å². The van der Waals surface area contributed by atoms with Crippen LogP contribution in [-0.4, -0.2) is 17.1 Å². The quantitative estimate of drug-likeness (QED) is 0.243. The lowest BCUT2D eigenvalue weighted by Gasteiger charge is -2.11. The summed E-state index contributed by atoms with van der Waals surface area (Å²) in [6.07, 6.45) is 0. The Hall–Kier alpha value is -3.22. The van der Waals surface area contributed by atoms with E-state index in [4.69, 9.17) is 20.4 Å². The van der Waals surface area contributed by atoms with Crippen molar-refractivity contribution in [3.05, 3.63) is 84.9 Å². The fourth-order valence-corrected chi connectivity index (χ4v) is 5.04. The Bertz CT molecular complexity index is 1370. The molecule has 6 heteroatoms. The van der Waals surface area contributed by atoms with Gasteiger partial charge in [-0.2, -0.15) is 0 Å². The van der Waals surface area contributed by atoms with Gasteiger partial charge in [0.25, 0.3) is 0 Å². The SMILES string of the molecule is COc1ccc(Sc2nc3cc4ccccc4cc3nc2Sc2ccc(N)cc2)cc1. The van der Waals surface area contributed by atoms with Crippen molar-refractivity contribution in [1.29, 1.82) is 0 Å². The molecule has 4 aromatic carbocycles. The predicted molar refractivity (Wildman–Crippen MR) is 129 cm³/mol. The molecule has 0 saturated carbocycles. The molecule has 0 bridgehead atoms. The van der Waals surface area contributed by atoms with Gasteiger partial charge in [0.05, 0.1) is 18.1 Å². The molecule has 0 unspecified atom stereocenters. The van der Waals surface area contributed by atoms with Gasteiger partial charge in [0.15, 0.2) is 0 Å². The predicted octanol–water partition coefficient (Wildman–Crippen LogP) is 6.68. The van der Waals surface area contributed by atoms with Gasteiger partial charge in [-0.3, -0.25) is 0 Å². The van der Waals surface area contributed by atoms with Gasteiger partial charge in [0.1, 0.15) is 15.8 Å². The molecule has 5 aromatic rings. The highest BCUT2D eigenvalue weighted by atomic mass is 32.2. The number of methoxy groups -OCH3 is 1. The number of anilines is 1. The Balaban J connectivity index is 1.61. The van der Waals surface area contributed by atoms with Gasteiger partial charge in [0, 0.05) is 15.5 Å². The van der Waals surface area contributed by atoms with E-state index < -0.39 is 0 Å². The molecule has 0 amide bonds. The summed E-state index contributed by atoms with van der Waals surface area (Å²) >= 11 is 3.20. The van der Waals surface area contributed by atoms with E-state index in [0.717, 1.165) is 53.1 Å². The summed E-state index contributed by atoms with van der Waals surface area (Å²) in [5.41, 5.74) is 8.37. The van der Waals surface area contributed by atoms with Crippen molar-refractivity contribution >= 4 is 51.0 Å². The van der Waals surface area contributed by atoms with Crippen LogP contribution in [0.25, 0.3) is 21.8 Å². The number of aromatic nitrogens is 2. The summed E-state index contributed by atoms with van der Waals surface area (Å²) in [5, 5.41) is 4.05. The third-order valence-corrected chi connectivity index (χ3v) is 6.94. The van der Waals surface area contributed by atoms with Crippen LogP contribution in [0.5, 0.6) is 5.75 Å². The molecule has 31 heavy (non-hydrogen) atoms. The second-order valence-corrected chi connectivity index (χ2v) is 9.10. The molecule has 0 aliphatic heterocycles. The molecule has 0 atom stereocenters. The minimum Gasteiger partial charge on any atom is -0.497 e. The van der Waals surface area contributed by atoms with Crippen LogP contribution < -0.4 is 10.5 Å². The number of nitrogens with zero attached hydrogens (tertiary/aromatic N) is 2. The normalized spacial score (nSPS) is 11.1. The summed E-state index contributed by atoms with van der Waals surface area (Å²) in [4.78, 5) is 12.1. The number of ether oxygens (including phenoxy) is 1. The zero-order chi connectivity index (χ0) is 21.2. The first-order chi connectivity index (χ1) is 15.2. The summed E-state index contributed by atoms with van der Waals surface area (Å²) in [6.45, 7) is 0. The molecule has 0 aliphatic carbocycles. The summed E-state index contributed by atoms with van der Waals surface area (Å²) in [7, 11) is 1.67. The third kappa shape index (κ3) is 4.31. The Morgan fingerprint density at radius 1 is 0.677 bits per heavy atom. The summed E-state index contributed by atoms with van der Waals surface area (Å²) in [6, 6.07) is 28.3. The molecule has 0 aliphatic rings. The van der Waals surface area contributed by atoms with Gasteiger partial charge in [-0.25, -0.2) is 9.97 Å². The van der Waals surface area contributed by atoms with Crippen LogP contribution >= 0.6 is 23.5 Å². The number of rotatable bonds is 5. The van der Waals surface area contributed by atoms with E-state index in [0.29, 0.717) is 0 Å². The second kappa shape index (κ2) is 8.49. The van der Waals surface area contributed by atoms with E-state index in [1.54, 1.807) is 30.6 Å². The van der Waals surface area contributed by atoms with Crippen LogP contribution in [-0.2, 0) is 0 Å². The molecule has 5 rings (SSSR count). The maximum Gasteiger partial charge on any atom is 0.134 e. The van der Waals surface area contributed by atoms with Crippen molar-refractivity contribution in [3.8, 4) is 5.75 Å². The van der Waals surface area contributed by atoms with Gasteiger partial charge >= 0.3 is 0 Å². The van der Waals surface area contributed by atoms with Gasteiger partial charge in [-0.05, 0) is 71.4 Å². The van der Waals surface area contributed by atoms with E-state index in [-0.39, 0.29) is 0 Å². The lowest BCUT2D eigenvalue weighted by Crippen LogP contribution is -1.93. The van der Waals surface area contributed by atoms with Crippen LogP contribution in [0.15, 0.2) is 105 Å². The topological polar surface area (TPSA) is 61.0 Å². The lowest BCUT2D eigenvalue weighted by molar-refractivity contribution is 0.414. The molecule has 152 valence electrons. The van der Waals surface area contributed by atoms with Crippen LogP contribution in [0.4, 0.5) is 5.69 Å². The number of benzene rings is 4. The van der Waals surface area contributed by atoms with Crippen molar-refractivity contribution in [2.24, 2.45) is 0 Å². The van der Waals surface area contributed by atoms with Gasteiger partial charge < -0.3 is 10.5 Å². The molecule has 0 spiro atoms. The maximum atomic E-state index is 5.85. The van der Waals surface area contributed by atoms with Crippen LogP contribution in [0, 0.1) is 0 Å². The number of hydrogen-bond donors (Lipinski definition) is 1. The average Bonchev–Trinajstić information content (AvgIpc) is 2.80. The first-order valence-corrected chi connectivity index (χ1v) is 11.4. The van der Waals surface area contributed by atoms with E-state index in [9.17, 15) is 0 Å². The molecule has 1 aromatic heterocycles. The van der Waals surface area contributed by atoms with Crippen molar-refractivity contribution in [2.45, 2.75) is 19.8 Å². The average molecular weight is 442 g/mol. The number of nitrogen functional groups attached to an aromatic ring is 1. The first kappa shape index (κ1) is 19.7. The molecular formula is C25H19N3OS2. The van der Waals surface area contributed by atoms with Crippen molar-refractivity contribution in [2.75, 3.05) is 12.8 Å². The van der Waals surface area contributed by atoms with Crippen molar-refractivity contribution < 1.29 is 4.74 Å². The Labute approximate surface area is 188 Å². The zero-order valence-corrected chi connectivity index (χ0v) is 18.4. The monoisotopic (exact) mass is 441 g/mol. The Morgan fingerprint density at radius 2 is 1.16 bits per heavy atom. The molecule has 0 saturated heterocycles. The van der Waals surface area contributed by atoms with Gasteiger partial charge in [-0.1, -0.05) is 47.8 Å². The van der Waals surface area contributed by atoms with E-state index >= 15 is 0 Å². The largest absolute Gasteiger partial charge is 0.497 e. The number of fused-ring (bicyclic) bond motifs is 2. The molecule has 2 N–H and O–H groups in total. The smallest absolute Gasteiger partial charge is 0.134 e. The number of nitrogens with two attached hydrogens (primary N) is 1. The van der Waals surface area contributed by atoms with Crippen LogP contribution in [0.2, 0.25) is 0 Å². The van der Waals surface area contributed by atoms with Gasteiger partial charge in [-0.15, -0.1) is 0 Å². The second-order valence-electron chi connectivity index (χ2n) is 6.97.